The third-order valence-corrected chi connectivity index (χ3v) is 4.35. The Morgan fingerprint density at radius 3 is 2.68 bits per heavy atom. The highest BCUT2D eigenvalue weighted by Crippen LogP contribution is 2.25. The second kappa shape index (κ2) is 7.45. The highest BCUT2D eigenvalue weighted by atomic mass is 79.9. The van der Waals surface area contributed by atoms with Gasteiger partial charge in [-0.3, -0.25) is 0 Å². The molecular formula is C17H23BrN2O2. The lowest BCUT2D eigenvalue weighted by atomic mass is 9.96. The SMILES string of the molecule is CC(C)(O)CN1CCC(COc2ccc(Br)cc2C#N)CC1. The number of hydrogen-bond acceptors (Lipinski definition) is 4. The van der Waals surface area contributed by atoms with Crippen LogP contribution < -0.4 is 4.74 Å². The van der Waals surface area contributed by atoms with E-state index in [1.807, 2.05) is 26.0 Å². The number of piperidine rings is 1. The Balaban J connectivity index is 1.81. The molecule has 4 nitrogen and oxygen atoms in total. The summed E-state index contributed by atoms with van der Waals surface area (Å²) in [6.07, 6.45) is 2.13. The summed E-state index contributed by atoms with van der Waals surface area (Å²) in [5.41, 5.74) is -0.0727. The number of hydrogen-bond donors (Lipinski definition) is 1. The van der Waals surface area contributed by atoms with E-state index in [1.54, 1.807) is 6.07 Å². The lowest BCUT2D eigenvalue weighted by Gasteiger charge is -2.35. The van der Waals surface area contributed by atoms with Crippen molar-refractivity contribution in [1.82, 2.24) is 4.90 Å². The Kier molecular flexibility index (Phi) is 5.85. The van der Waals surface area contributed by atoms with Crippen LogP contribution in [0.5, 0.6) is 5.75 Å². The van der Waals surface area contributed by atoms with E-state index >= 15 is 0 Å². The zero-order valence-corrected chi connectivity index (χ0v) is 14.8. The van der Waals surface area contributed by atoms with Crippen LogP contribution in [0.4, 0.5) is 0 Å². The Morgan fingerprint density at radius 2 is 2.09 bits per heavy atom. The molecule has 0 amide bonds. The van der Waals surface area contributed by atoms with Crippen LogP contribution in [-0.2, 0) is 0 Å². The van der Waals surface area contributed by atoms with Crippen molar-refractivity contribution in [2.24, 2.45) is 5.92 Å². The van der Waals surface area contributed by atoms with Crippen molar-refractivity contribution in [1.29, 1.82) is 5.26 Å². The largest absolute Gasteiger partial charge is 0.492 e. The summed E-state index contributed by atoms with van der Waals surface area (Å²) < 4.78 is 6.73. The molecule has 22 heavy (non-hydrogen) atoms. The minimum atomic E-state index is -0.636. The van der Waals surface area contributed by atoms with Gasteiger partial charge in [-0.05, 0) is 63.9 Å². The van der Waals surface area contributed by atoms with Crippen molar-refractivity contribution in [2.75, 3.05) is 26.2 Å². The van der Waals surface area contributed by atoms with Gasteiger partial charge >= 0.3 is 0 Å². The van der Waals surface area contributed by atoms with Crippen LogP contribution in [0.3, 0.4) is 0 Å². The van der Waals surface area contributed by atoms with Gasteiger partial charge in [-0.1, -0.05) is 15.9 Å². The first-order valence-electron chi connectivity index (χ1n) is 7.64. The standard InChI is InChI=1S/C17H23BrN2O2/c1-17(2,21)12-20-7-5-13(6-8-20)11-22-16-4-3-15(18)9-14(16)10-19/h3-4,9,13,21H,5-8,11-12H2,1-2H3. The molecule has 0 aliphatic carbocycles. The molecule has 1 fully saturated rings. The number of likely N-dealkylation sites (tertiary alicyclic amines) is 1. The van der Waals surface area contributed by atoms with Gasteiger partial charge < -0.3 is 14.7 Å². The van der Waals surface area contributed by atoms with Crippen LogP contribution in [0.1, 0.15) is 32.3 Å². The van der Waals surface area contributed by atoms with Crippen LogP contribution >= 0.6 is 15.9 Å². The van der Waals surface area contributed by atoms with Crippen LogP contribution in [0.15, 0.2) is 22.7 Å². The zero-order valence-electron chi connectivity index (χ0n) is 13.2. The predicted molar refractivity (Wildman–Crippen MR) is 89.8 cm³/mol. The van der Waals surface area contributed by atoms with Crippen molar-refractivity contribution < 1.29 is 9.84 Å². The van der Waals surface area contributed by atoms with Gasteiger partial charge in [0.05, 0.1) is 17.8 Å². The van der Waals surface area contributed by atoms with Gasteiger partial charge in [0, 0.05) is 11.0 Å². The van der Waals surface area contributed by atoms with Gasteiger partial charge in [-0.2, -0.15) is 5.26 Å². The molecular weight excluding hydrogens is 344 g/mol. The van der Waals surface area contributed by atoms with E-state index in [0.717, 1.165) is 30.4 Å². The van der Waals surface area contributed by atoms with Crippen molar-refractivity contribution in [3.8, 4) is 11.8 Å². The first-order valence-corrected chi connectivity index (χ1v) is 8.44. The van der Waals surface area contributed by atoms with Crippen LogP contribution in [-0.4, -0.2) is 41.8 Å². The maximum atomic E-state index is 9.87. The molecule has 1 aromatic carbocycles. The van der Waals surface area contributed by atoms with E-state index in [1.165, 1.54) is 0 Å². The average molecular weight is 367 g/mol. The molecule has 1 saturated heterocycles. The van der Waals surface area contributed by atoms with E-state index in [4.69, 9.17) is 10.00 Å². The highest BCUT2D eigenvalue weighted by molar-refractivity contribution is 9.10. The molecule has 0 bridgehead atoms. The summed E-state index contributed by atoms with van der Waals surface area (Å²) in [5.74, 6) is 1.16. The number of β-amino-alcohol motifs (C(OH)–C–C–N with tert-alkyl or cyclic N) is 1. The quantitative estimate of drug-likeness (QED) is 0.869. The molecule has 0 radical (unpaired) electrons. The van der Waals surface area contributed by atoms with Gasteiger partial charge in [0.1, 0.15) is 11.8 Å². The molecule has 1 N–H and O–H groups in total. The van der Waals surface area contributed by atoms with Gasteiger partial charge in [-0.15, -0.1) is 0 Å². The van der Waals surface area contributed by atoms with Crippen molar-refractivity contribution in [3.05, 3.63) is 28.2 Å². The molecule has 0 saturated carbocycles. The van der Waals surface area contributed by atoms with Crippen LogP contribution in [0.2, 0.25) is 0 Å². The summed E-state index contributed by atoms with van der Waals surface area (Å²) >= 11 is 3.36. The molecule has 0 atom stereocenters. The van der Waals surface area contributed by atoms with E-state index in [-0.39, 0.29) is 0 Å². The maximum absolute atomic E-state index is 9.87. The number of rotatable bonds is 5. The van der Waals surface area contributed by atoms with E-state index in [2.05, 4.69) is 26.9 Å². The minimum Gasteiger partial charge on any atom is -0.492 e. The first kappa shape index (κ1) is 17.3. The van der Waals surface area contributed by atoms with Crippen molar-refractivity contribution in [3.63, 3.8) is 0 Å². The summed E-state index contributed by atoms with van der Waals surface area (Å²) in [7, 11) is 0. The molecule has 1 aromatic rings. The monoisotopic (exact) mass is 366 g/mol. The van der Waals surface area contributed by atoms with Crippen LogP contribution in [0.25, 0.3) is 0 Å². The van der Waals surface area contributed by atoms with Crippen molar-refractivity contribution in [2.45, 2.75) is 32.3 Å². The van der Waals surface area contributed by atoms with Gasteiger partial charge in [0.2, 0.25) is 0 Å². The lowest BCUT2D eigenvalue weighted by Crippen LogP contribution is -2.43. The van der Waals surface area contributed by atoms with Crippen molar-refractivity contribution >= 4 is 15.9 Å². The number of benzene rings is 1. The van der Waals surface area contributed by atoms with Crippen LogP contribution in [0, 0.1) is 17.2 Å². The molecule has 1 aliphatic rings. The summed E-state index contributed by atoms with van der Waals surface area (Å²) in [6, 6.07) is 7.68. The van der Waals surface area contributed by atoms with Gasteiger partial charge in [0.25, 0.3) is 0 Å². The molecule has 5 heteroatoms. The second-order valence-corrected chi connectivity index (χ2v) is 7.51. The third-order valence-electron chi connectivity index (χ3n) is 3.85. The molecule has 120 valence electrons. The molecule has 1 aliphatic heterocycles. The smallest absolute Gasteiger partial charge is 0.137 e. The number of aliphatic hydroxyl groups is 1. The Labute approximate surface area is 140 Å². The van der Waals surface area contributed by atoms with E-state index in [0.29, 0.717) is 30.4 Å². The highest BCUT2D eigenvalue weighted by Gasteiger charge is 2.24. The summed E-state index contributed by atoms with van der Waals surface area (Å²) in [6.45, 7) is 7.03. The summed E-state index contributed by atoms with van der Waals surface area (Å²) in [5, 5.41) is 19.0. The van der Waals surface area contributed by atoms with Gasteiger partial charge in [-0.25, -0.2) is 0 Å². The number of nitrogens with zero attached hydrogens (tertiary/aromatic N) is 2. The fourth-order valence-electron chi connectivity index (χ4n) is 2.78. The van der Waals surface area contributed by atoms with E-state index in [9.17, 15) is 5.11 Å². The lowest BCUT2D eigenvalue weighted by molar-refractivity contribution is 0.0212. The normalized spacial score (nSPS) is 17.2. The third kappa shape index (κ3) is 5.28. The first-order chi connectivity index (χ1) is 10.4. The molecule has 0 aromatic heterocycles. The predicted octanol–water partition coefficient (Wildman–Crippen LogP) is 3.18. The van der Waals surface area contributed by atoms with Gasteiger partial charge in [0.15, 0.2) is 0 Å². The second-order valence-electron chi connectivity index (χ2n) is 6.60. The molecule has 2 rings (SSSR count). The summed E-state index contributed by atoms with van der Waals surface area (Å²) in [4.78, 5) is 2.30. The topological polar surface area (TPSA) is 56.5 Å². The Hall–Kier alpha value is -1.09. The number of halogens is 1. The van der Waals surface area contributed by atoms with E-state index < -0.39 is 5.60 Å². The number of nitriles is 1. The molecule has 1 heterocycles. The number of ether oxygens (including phenoxy) is 1. The fourth-order valence-corrected chi connectivity index (χ4v) is 3.14. The zero-order chi connectivity index (χ0) is 16.2. The maximum Gasteiger partial charge on any atom is 0.137 e. The Morgan fingerprint density at radius 1 is 1.41 bits per heavy atom. The average Bonchev–Trinajstić information content (AvgIpc) is 2.45. The molecule has 0 spiro atoms. The molecule has 0 unspecified atom stereocenters. The fraction of sp³-hybridized carbons (Fsp3) is 0.588. The Bertz CT molecular complexity index is 541. The minimum absolute atomic E-state index is 0.508.